The standard InChI is InChI=1S/C48H67FN5O6P/c1-7-33-17-21-36(22-18-33)45(57)51-26-12-11-15-39(44(50)56)53-46(58)41(29-35-19-23-37(24-20-35)48(5,49)61)54(6)47(59)40(28-34-13-9-8-10-14-34)52-43(55)30-60-42-27-32(4)16-25-38(42)31(2)3/h8-10,13-14,17-24,31-32,38-42H,7,11-12,15-16,25-30,61H2,1-6H3,(H2,50,56)(H,51,57)(H,52,55)(H,53,58). The third-order valence-electron chi connectivity index (χ3n) is 11.9. The van der Waals surface area contributed by atoms with E-state index in [4.69, 9.17) is 10.5 Å². The molecule has 11 nitrogen and oxygen atoms in total. The van der Waals surface area contributed by atoms with Crippen molar-refractivity contribution in [3.8, 4) is 0 Å². The number of carbonyl (C=O) groups is 5. The summed E-state index contributed by atoms with van der Waals surface area (Å²) in [4.78, 5) is 69.1. The van der Waals surface area contributed by atoms with Crippen molar-refractivity contribution in [1.82, 2.24) is 20.9 Å². The molecule has 3 aromatic carbocycles. The Balaban J connectivity index is 1.50. The molecule has 8 atom stereocenters. The minimum Gasteiger partial charge on any atom is -0.368 e. The Bertz CT molecular complexity index is 1890. The van der Waals surface area contributed by atoms with Crippen LogP contribution >= 0.6 is 9.24 Å². The molecule has 0 aliphatic heterocycles. The summed E-state index contributed by atoms with van der Waals surface area (Å²) in [5.41, 5.74) is 9.35. The molecule has 13 heteroatoms. The molecular formula is C48H67FN5O6P. The number of amides is 5. The zero-order chi connectivity index (χ0) is 44.7. The number of primary amides is 1. The van der Waals surface area contributed by atoms with Gasteiger partial charge in [-0.15, -0.1) is 0 Å². The van der Waals surface area contributed by atoms with Crippen LogP contribution in [0.15, 0.2) is 78.9 Å². The van der Waals surface area contributed by atoms with Crippen LogP contribution in [-0.4, -0.2) is 78.9 Å². The Kier molecular flexibility index (Phi) is 18.9. The average Bonchev–Trinajstić information content (AvgIpc) is 3.23. The van der Waals surface area contributed by atoms with E-state index < -0.39 is 47.2 Å². The molecule has 0 saturated heterocycles. The largest absolute Gasteiger partial charge is 0.368 e. The maximum atomic E-state index is 14.7. The molecule has 0 aromatic heterocycles. The molecule has 0 radical (unpaired) electrons. The summed E-state index contributed by atoms with van der Waals surface area (Å²) in [6, 6.07) is 20.1. The molecule has 8 unspecified atom stereocenters. The van der Waals surface area contributed by atoms with Crippen molar-refractivity contribution in [2.24, 2.45) is 23.5 Å². The van der Waals surface area contributed by atoms with Crippen molar-refractivity contribution >= 4 is 38.8 Å². The van der Waals surface area contributed by atoms with Gasteiger partial charge in [-0.3, -0.25) is 24.0 Å². The Morgan fingerprint density at radius 2 is 1.52 bits per heavy atom. The number of rotatable bonds is 22. The first-order chi connectivity index (χ1) is 29.0. The van der Waals surface area contributed by atoms with Crippen LogP contribution in [0.25, 0.3) is 0 Å². The molecule has 4 rings (SSSR count). The minimum atomic E-state index is -1.67. The number of ether oxygens (including phenoxy) is 1. The van der Waals surface area contributed by atoms with Gasteiger partial charge in [0.05, 0.1) is 6.10 Å². The summed E-state index contributed by atoms with van der Waals surface area (Å²) in [5.74, 6) is -1.29. The third kappa shape index (κ3) is 15.3. The topological polar surface area (TPSA) is 160 Å². The van der Waals surface area contributed by atoms with E-state index in [1.165, 1.54) is 18.9 Å². The van der Waals surface area contributed by atoms with E-state index in [9.17, 15) is 28.4 Å². The fourth-order valence-corrected chi connectivity index (χ4v) is 8.19. The second kappa shape index (κ2) is 23.5. The second-order valence-electron chi connectivity index (χ2n) is 17.2. The number of halogens is 1. The van der Waals surface area contributed by atoms with Gasteiger partial charge in [0.15, 0.2) is 0 Å². The number of alkyl halides is 1. The molecule has 0 bridgehead atoms. The first kappa shape index (κ1) is 49.0. The highest BCUT2D eigenvalue weighted by molar-refractivity contribution is 7.18. The molecule has 1 aliphatic carbocycles. The fourth-order valence-electron chi connectivity index (χ4n) is 7.99. The minimum absolute atomic E-state index is 0.0243. The molecule has 1 saturated carbocycles. The number of nitrogens with zero attached hydrogens (tertiary/aromatic N) is 1. The Morgan fingerprint density at radius 3 is 2.13 bits per heavy atom. The summed E-state index contributed by atoms with van der Waals surface area (Å²) in [6.07, 6.45) is 5.20. The van der Waals surface area contributed by atoms with Crippen LogP contribution in [0.4, 0.5) is 4.39 Å². The monoisotopic (exact) mass is 859 g/mol. The van der Waals surface area contributed by atoms with Crippen molar-refractivity contribution < 1.29 is 33.1 Å². The molecule has 0 heterocycles. The predicted molar refractivity (Wildman–Crippen MR) is 241 cm³/mol. The van der Waals surface area contributed by atoms with Crippen molar-refractivity contribution in [2.45, 2.75) is 122 Å². The molecule has 3 aromatic rings. The lowest BCUT2D eigenvalue weighted by molar-refractivity contribution is -0.143. The second-order valence-corrected chi connectivity index (χ2v) is 18.3. The summed E-state index contributed by atoms with van der Waals surface area (Å²) in [5, 5.41) is 6.91. The summed E-state index contributed by atoms with van der Waals surface area (Å²) >= 11 is 0. The van der Waals surface area contributed by atoms with E-state index in [0.717, 1.165) is 36.8 Å². The summed E-state index contributed by atoms with van der Waals surface area (Å²) < 4.78 is 21.0. The van der Waals surface area contributed by atoms with E-state index >= 15 is 0 Å². The number of benzene rings is 3. The van der Waals surface area contributed by atoms with E-state index in [0.29, 0.717) is 53.8 Å². The maximum Gasteiger partial charge on any atom is 0.251 e. The van der Waals surface area contributed by atoms with E-state index in [2.05, 4.69) is 46.0 Å². The van der Waals surface area contributed by atoms with E-state index in [1.807, 2.05) is 49.4 Å². The van der Waals surface area contributed by atoms with Gasteiger partial charge < -0.3 is 31.3 Å². The highest BCUT2D eigenvalue weighted by Crippen LogP contribution is 2.35. The fraction of sp³-hybridized carbons (Fsp3) is 0.521. The average molecular weight is 860 g/mol. The summed E-state index contributed by atoms with van der Waals surface area (Å²) in [7, 11) is 3.66. The number of likely N-dealkylation sites (N-methyl/N-ethyl adjacent to an activating group) is 1. The highest BCUT2D eigenvalue weighted by atomic mass is 31.0. The van der Waals surface area contributed by atoms with Gasteiger partial charge in [-0.25, -0.2) is 4.39 Å². The number of hydrogen-bond acceptors (Lipinski definition) is 6. The first-order valence-electron chi connectivity index (χ1n) is 21.7. The SMILES string of the molecule is CCc1ccc(C(=O)NCCCCC(NC(=O)C(Cc2ccc(C(C)(F)P)cc2)N(C)C(=O)C(Cc2ccccc2)NC(=O)COC2CC(C)CCC2C(C)C)C(N)=O)cc1. The number of carbonyl (C=O) groups excluding carboxylic acids is 5. The van der Waals surface area contributed by atoms with Gasteiger partial charge in [-0.2, -0.15) is 0 Å². The van der Waals surface area contributed by atoms with Crippen LogP contribution in [0, 0.1) is 17.8 Å². The molecule has 1 aliphatic rings. The Labute approximate surface area is 364 Å². The van der Waals surface area contributed by atoms with Crippen LogP contribution in [0.5, 0.6) is 0 Å². The van der Waals surface area contributed by atoms with Crippen molar-refractivity contribution in [3.63, 3.8) is 0 Å². The van der Waals surface area contributed by atoms with Crippen molar-refractivity contribution in [2.75, 3.05) is 20.2 Å². The van der Waals surface area contributed by atoms with Crippen molar-refractivity contribution in [3.05, 3.63) is 107 Å². The van der Waals surface area contributed by atoms with Gasteiger partial charge in [0.25, 0.3) is 5.91 Å². The van der Waals surface area contributed by atoms with Crippen LogP contribution in [0.2, 0.25) is 0 Å². The highest BCUT2D eigenvalue weighted by Gasteiger charge is 2.36. The van der Waals surface area contributed by atoms with E-state index in [-0.39, 0.29) is 37.9 Å². The quantitative estimate of drug-likeness (QED) is 0.0675. The number of aryl methyl sites for hydroxylation is 1. The molecular weight excluding hydrogens is 793 g/mol. The molecule has 0 spiro atoms. The van der Waals surface area contributed by atoms with Crippen LogP contribution < -0.4 is 21.7 Å². The Hall–Kier alpha value is -4.67. The van der Waals surface area contributed by atoms with Gasteiger partial charge in [-0.1, -0.05) is 110 Å². The van der Waals surface area contributed by atoms with Gasteiger partial charge in [0, 0.05) is 32.0 Å². The number of nitrogens with one attached hydrogen (secondary N) is 3. The van der Waals surface area contributed by atoms with Gasteiger partial charge in [-0.05, 0) is 97.6 Å². The predicted octanol–water partition coefficient (Wildman–Crippen LogP) is 6.41. The number of unbranched alkanes of at least 4 members (excludes halogenated alkanes) is 1. The molecule has 61 heavy (non-hydrogen) atoms. The zero-order valence-electron chi connectivity index (χ0n) is 36.8. The molecule has 1 fully saturated rings. The zero-order valence-corrected chi connectivity index (χ0v) is 37.9. The maximum absolute atomic E-state index is 14.7. The van der Waals surface area contributed by atoms with Crippen LogP contribution in [-0.2, 0) is 48.6 Å². The van der Waals surface area contributed by atoms with Crippen LogP contribution in [0.1, 0.15) is 106 Å². The lowest BCUT2D eigenvalue weighted by atomic mass is 9.75. The van der Waals surface area contributed by atoms with Crippen molar-refractivity contribution in [1.29, 1.82) is 0 Å². The molecule has 332 valence electrons. The smallest absolute Gasteiger partial charge is 0.251 e. The summed E-state index contributed by atoms with van der Waals surface area (Å²) in [6.45, 7) is 10.2. The van der Waals surface area contributed by atoms with Crippen LogP contribution in [0.3, 0.4) is 0 Å². The number of nitrogens with two attached hydrogens (primary N) is 1. The van der Waals surface area contributed by atoms with E-state index in [1.54, 1.807) is 36.4 Å². The third-order valence-corrected chi connectivity index (χ3v) is 12.2. The number of hydrogen-bond donors (Lipinski definition) is 4. The van der Waals surface area contributed by atoms with Gasteiger partial charge in [0.2, 0.25) is 23.6 Å². The lowest BCUT2D eigenvalue weighted by Crippen LogP contribution is -2.58. The Morgan fingerprint density at radius 1 is 0.885 bits per heavy atom. The van der Waals surface area contributed by atoms with Gasteiger partial charge >= 0.3 is 0 Å². The molecule has 5 N–H and O–H groups in total. The first-order valence-corrected chi connectivity index (χ1v) is 22.3. The molecule has 5 amide bonds. The van der Waals surface area contributed by atoms with Gasteiger partial charge in [0.1, 0.15) is 30.1 Å². The normalized spacial score (nSPS) is 18.9. The lowest BCUT2D eigenvalue weighted by Gasteiger charge is -2.37.